The van der Waals surface area contributed by atoms with Crippen molar-refractivity contribution in [2.45, 2.75) is 65.8 Å². The summed E-state index contributed by atoms with van der Waals surface area (Å²) in [6.07, 6.45) is 2.23. The van der Waals surface area contributed by atoms with Gasteiger partial charge < -0.3 is 4.90 Å². The van der Waals surface area contributed by atoms with Gasteiger partial charge in [-0.15, -0.1) is 11.8 Å². The number of hydrogen-bond donors (Lipinski definition) is 0. The van der Waals surface area contributed by atoms with Crippen molar-refractivity contribution in [1.29, 1.82) is 0 Å². The third-order valence-electron chi connectivity index (χ3n) is 4.39. The molecule has 0 aromatic rings. The molecule has 104 valence electrons. The second-order valence-corrected chi connectivity index (χ2v) is 9.12. The fraction of sp³-hybridized carbons (Fsp3) is 0.933. The smallest absolute Gasteiger partial charge is 0.227 e. The quantitative estimate of drug-likeness (QED) is 0.667. The predicted molar refractivity (Wildman–Crippen MR) is 78.5 cm³/mol. The molecule has 3 atom stereocenters. The maximum atomic E-state index is 12.8. The van der Waals surface area contributed by atoms with Crippen LogP contribution in [0.5, 0.6) is 0 Å². The van der Waals surface area contributed by atoms with Crippen LogP contribution in [0.3, 0.4) is 0 Å². The maximum absolute atomic E-state index is 12.8. The minimum atomic E-state index is 0.0950. The first kappa shape index (κ1) is 14.2. The summed E-state index contributed by atoms with van der Waals surface area (Å²) in [4.78, 5) is 15.0. The van der Waals surface area contributed by atoms with Crippen molar-refractivity contribution in [2.24, 2.45) is 16.7 Å². The van der Waals surface area contributed by atoms with E-state index >= 15 is 0 Å². The molecule has 2 aliphatic rings. The second-order valence-electron chi connectivity index (χ2n) is 7.91. The summed E-state index contributed by atoms with van der Waals surface area (Å²) in [6, 6.07) is 0.408. The van der Waals surface area contributed by atoms with E-state index in [1.807, 2.05) is 11.8 Å². The van der Waals surface area contributed by atoms with Gasteiger partial charge in [-0.1, -0.05) is 41.5 Å². The summed E-state index contributed by atoms with van der Waals surface area (Å²) in [5.41, 5.74) is 0.287. The molecule has 1 amide bonds. The van der Waals surface area contributed by atoms with E-state index in [0.717, 1.165) is 12.2 Å². The lowest BCUT2D eigenvalue weighted by molar-refractivity contribution is -0.147. The van der Waals surface area contributed by atoms with Gasteiger partial charge in [0.05, 0.1) is 5.37 Å². The first-order chi connectivity index (χ1) is 8.12. The Labute approximate surface area is 116 Å². The Bertz CT molecular complexity index is 339. The van der Waals surface area contributed by atoms with Gasteiger partial charge in [0, 0.05) is 17.7 Å². The molecular weight excluding hydrogens is 242 g/mol. The molecule has 2 nitrogen and oxygen atoms in total. The number of hydrogen-bond acceptors (Lipinski definition) is 2. The zero-order valence-corrected chi connectivity index (χ0v) is 13.4. The average Bonchev–Trinajstić information content (AvgIpc) is 2.59. The minimum Gasteiger partial charge on any atom is -0.326 e. The Hall–Kier alpha value is -0.180. The second kappa shape index (κ2) is 4.43. The van der Waals surface area contributed by atoms with Crippen LogP contribution in [0.25, 0.3) is 0 Å². The number of carbonyl (C=O) groups is 1. The fourth-order valence-electron chi connectivity index (χ4n) is 3.16. The molecule has 2 aliphatic heterocycles. The van der Waals surface area contributed by atoms with Gasteiger partial charge in [-0.2, -0.15) is 0 Å². The molecule has 0 aromatic carbocycles. The number of amides is 1. The molecule has 0 N–H and O–H groups in total. The molecule has 0 bridgehead atoms. The molecule has 2 saturated heterocycles. The summed E-state index contributed by atoms with van der Waals surface area (Å²) in [5, 5.41) is 0.445. The first-order valence-electron chi connectivity index (χ1n) is 7.06. The van der Waals surface area contributed by atoms with Gasteiger partial charge in [0.2, 0.25) is 5.91 Å². The van der Waals surface area contributed by atoms with E-state index < -0.39 is 0 Å². The van der Waals surface area contributed by atoms with Crippen molar-refractivity contribution >= 4 is 17.7 Å². The van der Waals surface area contributed by atoms with Crippen molar-refractivity contribution in [3.05, 3.63) is 0 Å². The molecule has 0 aromatic heterocycles. The fourth-order valence-corrected chi connectivity index (χ4v) is 4.94. The lowest BCUT2D eigenvalue weighted by atomic mass is 9.74. The summed E-state index contributed by atoms with van der Waals surface area (Å²) in [7, 11) is 0. The third-order valence-corrected chi connectivity index (χ3v) is 5.75. The number of fused-ring (bicyclic) bond motifs is 1. The van der Waals surface area contributed by atoms with Crippen LogP contribution in [0.15, 0.2) is 0 Å². The van der Waals surface area contributed by atoms with Crippen molar-refractivity contribution in [3.63, 3.8) is 0 Å². The first-order valence-corrected chi connectivity index (χ1v) is 8.11. The molecule has 3 heteroatoms. The van der Waals surface area contributed by atoms with E-state index in [-0.39, 0.29) is 16.7 Å². The molecule has 18 heavy (non-hydrogen) atoms. The predicted octanol–water partition coefficient (Wildman–Crippen LogP) is 3.76. The van der Waals surface area contributed by atoms with Crippen LogP contribution in [-0.2, 0) is 4.79 Å². The van der Waals surface area contributed by atoms with Crippen molar-refractivity contribution in [3.8, 4) is 0 Å². The van der Waals surface area contributed by atoms with E-state index in [2.05, 4.69) is 46.4 Å². The van der Waals surface area contributed by atoms with E-state index in [1.54, 1.807) is 0 Å². The largest absolute Gasteiger partial charge is 0.326 e. The van der Waals surface area contributed by atoms with Gasteiger partial charge in [-0.3, -0.25) is 4.79 Å². The van der Waals surface area contributed by atoms with Gasteiger partial charge in [0.1, 0.15) is 0 Å². The van der Waals surface area contributed by atoms with Crippen molar-refractivity contribution in [1.82, 2.24) is 4.90 Å². The molecule has 2 rings (SSSR count). The highest BCUT2D eigenvalue weighted by molar-refractivity contribution is 8.00. The Morgan fingerprint density at radius 2 is 1.67 bits per heavy atom. The summed E-state index contributed by atoms with van der Waals surface area (Å²) < 4.78 is 0. The van der Waals surface area contributed by atoms with E-state index in [0.29, 0.717) is 17.3 Å². The standard InChI is InChI=1S/C15H27NOS/c1-14(2,3)10-7-8-12-16(13(10)17)11(9-18-12)15(4,5)6/h10-12H,7-9H2,1-6H3. The molecule has 0 spiro atoms. The van der Waals surface area contributed by atoms with Crippen LogP contribution in [0, 0.1) is 16.7 Å². The summed E-state index contributed by atoms with van der Waals surface area (Å²) >= 11 is 1.98. The SMILES string of the molecule is CC(C)(C)C1CCC2SCC(C(C)(C)C)N2C1=O. The van der Waals surface area contributed by atoms with Gasteiger partial charge in [0.15, 0.2) is 0 Å². The number of rotatable bonds is 0. The third kappa shape index (κ3) is 2.43. The topological polar surface area (TPSA) is 20.3 Å². The van der Waals surface area contributed by atoms with Gasteiger partial charge in [-0.25, -0.2) is 0 Å². The van der Waals surface area contributed by atoms with Crippen LogP contribution in [0.4, 0.5) is 0 Å². The average molecular weight is 269 g/mol. The van der Waals surface area contributed by atoms with E-state index in [4.69, 9.17) is 0 Å². The number of carbonyl (C=O) groups excluding carboxylic acids is 1. The molecule has 3 unspecified atom stereocenters. The number of piperidine rings is 1. The van der Waals surface area contributed by atoms with E-state index in [9.17, 15) is 4.79 Å². The Morgan fingerprint density at radius 1 is 1.06 bits per heavy atom. The summed E-state index contributed by atoms with van der Waals surface area (Å²) in [6.45, 7) is 13.4. The zero-order chi connectivity index (χ0) is 13.7. The highest BCUT2D eigenvalue weighted by Crippen LogP contribution is 2.47. The van der Waals surface area contributed by atoms with Crippen LogP contribution in [0.2, 0.25) is 0 Å². The molecular formula is C15H27NOS. The molecule has 2 heterocycles. The van der Waals surface area contributed by atoms with E-state index in [1.165, 1.54) is 6.42 Å². The van der Waals surface area contributed by atoms with Gasteiger partial charge >= 0.3 is 0 Å². The number of thioether (sulfide) groups is 1. The van der Waals surface area contributed by atoms with Gasteiger partial charge in [-0.05, 0) is 23.7 Å². The normalized spacial score (nSPS) is 33.8. The lowest BCUT2D eigenvalue weighted by Gasteiger charge is -2.45. The lowest BCUT2D eigenvalue weighted by Crippen LogP contribution is -2.54. The van der Waals surface area contributed by atoms with Crippen LogP contribution >= 0.6 is 11.8 Å². The zero-order valence-electron chi connectivity index (χ0n) is 12.6. The van der Waals surface area contributed by atoms with Crippen LogP contribution < -0.4 is 0 Å². The van der Waals surface area contributed by atoms with Gasteiger partial charge in [0.25, 0.3) is 0 Å². The van der Waals surface area contributed by atoms with Crippen LogP contribution in [-0.4, -0.2) is 28.0 Å². The Morgan fingerprint density at radius 3 is 2.17 bits per heavy atom. The molecule has 0 aliphatic carbocycles. The van der Waals surface area contributed by atoms with Crippen molar-refractivity contribution < 1.29 is 4.79 Å². The summed E-state index contributed by atoms with van der Waals surface area (Å²) in [5.74, 6) is 1.72. The van der Waals surface area contributed by atoms with Crippen molar-refractivity contribution in [2.75, 3.05) is 5.75 Å². The minimum absolute atomic E-state index is 0.0950. The molecule has 0 saturated carbocycles. The molecule has 0 radical (unpaired) electrons. The Kier molecular flexibility index (Phi) is 3.50. The maximum Gasteiger partial charge on any atom is 0.227 e. The Balaban J connectivity index is 2.24. The van der Waals surface area contributed by atoms with Crippen LogP contribution in [0.1, 0.15) is 54.4 Å². The monoisotopic (exact) mass is 269 g/mol. The molecule has 2 fully saturated rings. The highest BCUT2D eigenvalue weighted by Gasteiger charge is 2.49. The number of nitrogens with zero attached hydrogens (tertiary/aromatic N) is 1. The highest BCUT2D eigenvalue weighted by atomic mass is 32.2.